The number of ether oxygens (including phenoxy) is 4. The average Bonchev–Trinajstić information content (AvgIpc) is 4.05. The number of amides is 7. The first-order valence-corrected chi connectivity index (χ1v) is 26.5. The van der Waals surface area contributed by atoms with Gasteiger partial charge in [0.15, 0.2) is 0 Å². The van der Waals surface area contributed by atoms with E-state index in [0.717, 1.165) is 101 Å². The number of piperidine rings is 1. The van der Waals surface area contributed by atoms with Crippen LogP contribution in [0, 0.1) is 29.1 Å². The van der Waals surface area contributed by atoms with Crippen LogP contribution in [0.2, 0.25) is 0 Å². The number of hydrogen-bond donors (Lipinski definition) is 0. The minimum absolute atomic E-state index is 0.0775. The zero-order valence-corrected chi connectivity index (χ0v) is 43.7. The summed E-state index contributed by atoms with van der Waals surface area (Å²) in [6.07, 6.45) is 20.5. The summed E-state index contributed by atoms with van der Waals surface area (Å²) in [7, 11) is 0. The lowest BCUT2D eigenvalue weighted by Crippen LogP contribution is -2.58. The molecule has 68 heavy (non-hydrogen) atoms. The molecule has 0 aromatic heterocycles. The highest BCUT2D eigenvalue weighted by atomic mass is 16.6. The van der Waals surface area contributed by atoms with Crippen molar-refractivity contribution in [2.24, 2.45) is 29.1 Å². The van der Waals surface area contributed by atoms with E-state index in [0.29, 0.717) is 38.9 Å². The van der Waals surface area contributed by atoms with Crippen LogP contribution in [0.3, 0.4) is 0 Å². The molecular formula is C53H88N4O11. The highest BCUT2D eigenvalue weighted by Crippen LogP contribution is 2.64. The molecule has 0 atom stereocenters. The van der Waals surface area contributed by atoms with Crippen molar-refractivity contribution in [1.82, 2.24) is 19.6 Å². The summed E-state index contributed by atoms with van der Waals surface area (Å²) in [6.45, 7) is 23.1. The Hall–Kier alpha value is -3.91. The molecule has 4 bridgehead atoms. The first kappa shape index (κ1) is 55.0. The molecule has 9 rings (SSSR count). The molecule has 0 aromatic carbocycles. The van der Waals surface area contributed by atoms with Crippen molar-refractivity contribution < 1.29 is 52.5 Å². The molecule has 0 radical (unpaired) electrons. The number of hydrogen-bond acceptors (Lipinski definition) is 11. The monoisotopic (exact) mass is 957 g/mol. The van der Waals surface area contributed by atoms with E-state index in [9.17, 15) is 33.6 Å². The van der Waals surface area contributed by atoms with E-state index in [2.05, 4.69) is 20.8 Å². The third-order valence-electron chi connectivity index (χ3n) is 16.8. The molecule has 5 aliphatic carbocycles. The molecule has 15 heteroatoms. The summed E-state index contributed by atoms with van der Waals surface area (Å²) in [5, 5.41) is 0. The molecular weight excluding hydrogens is 869 g/mol. The summed E-state index contributed by atoms with van der Waals surface area (Å²) in [5.41, 5.74) is -1.49. The van der Waals surface area contributed by atoms with Gasteiger partial charge in [-0.1, -0.05) is 34.1 Å². The highest BCUT2D eigenvalue weighted by Gasteiger charge is 2.59. The topological polar surface area (TPSA) is 169 Å². The van der Waals surface area contributed by atoms with E-state index in [-0.39, 0.29) is 46.3 Å². The van der Waals surface area contributed by atoms with Gasteiger partial charge >= 0.3 is 24.4 Å². The van der Waals surface area contributed by atoms with Crippen LogP contribution in [0.5, 0.6) is 0 Å². The Morgan fingerprint density at radius 3 is 1.38 bits per heavy atom. The van der Waals surface area contributed by atoms with Gasteiger partial charge in [0.1, 0.15) is 22.4 Å². The summed E-state index contributed by atoms with van der Waals surface area (Å²) in [4.78, 5) is 87.9. The first-order chi connectivity index (χ1) is 31.9. The maximum Gasteiger partial charge on any atom is 0.417 e. The van der Waals surface area contributed by atoms with Gasteiger partial charge in [-0.3, -0.25) is 14.4 Å². The quantitative estimate of drug-likeness (QED) is 0.212. The lowest BCUT2D eigenvalue weighted by atomic mass is 9.46. The molecule has 0 unspecified atom stereocenters. The van der Waals surface area contributed by atoms with E-state index >= 15 is 0 Å². The number of nitrogens with zero attached hydrogens (tertiary/aromatic N) is 4. The van der Waals surface area contributed by atoms with Crippen molar-refractivity contribution in [2.75, 3.05) is 32.7 Å². The largest absolute Gasteiger partial charge is 0.443 e. The number of rotatable bonds is 8. The molecule has 7 amide bonds. The second-order valence-electron chi connectivity index (χ2n) is 23.1. The lowest BCUT2D eigenvalue weighted by molar-refractivity contribution is -0.167. The Balaban J connectivity index is 0.000000173. The second kappa shape index (κ2) is 23.3. The number of likely N-dealkylation sites (tertiary alicyclic amines) is 4. The van der Waals surface area contributed by atoms with E-state index in [4.69, 9.17) is 18.9 Å². The SMILES string of the molecule is CC(C)(OC(=O)N1CCCC1=O)C12CC3CC(CC(C3)C1)C2.CC(C)C(C)(C)OC(=O)N1CCCC1=O.CCC(C)(C)OC(=O)N1CCCCC1.CCC1(OC(=O)N2CCCC2=O)CCCCC1. The van der Waals surface area contributed by atoms with Crippen LogP contribution < -0.4 is 0 Å². The van der Waals surface area contributed by atoms with Gasteiger partial charge in [0.05, 0.1) is 0 Å². The Morgan fingerprint density at radius 2 is 0.985 bits per heavy atom. The van der Waals surface area contributed by atoms with Gasteiger partial charge in [-0.05, 0) is 181 Å². The minimum atomic E-state index is -0.528. The van der Waals surface area contributed by atoms with Crippen molar-refractivity contribution in [1.29, 1.82) is 0 Å². The normalized spacial score (nSPS) is 26.6. The van der Waals surface area contributed by atoms with E-state index in [1.54, 1.807) is 0 Å². The summed E-state index contributed by atoms with van der Waals surface area (Å²) >= 11 is 0. The van der Waals surface area contributed by atoms with E-state index in [1.807, 2.05) is 53.4 Å². The van der Waals surface area contributed by atoms with Gasteiger partial charge in [0.2, 0.25) is 17.7 Å². The molecule has 9 fully saturated rings. The fraction of sp³-hybridized carbons (Fsp3) is 0.868. The van der Waals surface area contributed by atoms with Crippen molar-refractivity contribution in [3.63, 3.8) is 0 Å². The predicted molar refractivity (Wildman–Crippen MR) is 258 cm³/mol. The van der Waals surface area contributed by atoms with Crippen LogP contribution in [0.15, 0.2) is 0 Å². The van der Waals surface area contributed by atoms with Crippen LogP contribution in [-0.4, -0.2) is 117 Å². The Morgan fingerprint density at radius 1 is 0.559 bits per heavy atom. The molecule has 9 aliphatic rings. The lowest BCUT2D eigenvalue weighted by Gasteiger charge is -2.61. The molecule has 5 saturated carbocycles. The molecule has 4 aliphatic heterocycles. The third-order valence-corrected chi connectivity index (χ3v) is 16.8. The van der Waals surface area contributed by atoms with E-state index < -0.39 is 29.5 Å². The van der Waals surface area contributed by atoms with Gasteiger partial charge in [0, 0.05) is 57.4 Å². The number of carbonyl (C=O) groups excluding carboxylic acids is 7. The smallest absolute Gasteiger partial charge is 0.417 e. The maximum absolute atomic E-state index is 12.4. The molecule has 386 valence electrons. The third kappa shape index (κ3) is 14.1. The maximum atomic E-state index is 12.4. The summed E-state index contributed by atoms with van der Waals surface area (Å²) in [6, 6.07) is 0. The van der Waals surface area contributed by atoms with Gasteiger partial charge in [-0.25, -0.2) is 33.9 Å². The van der Waals surface area contributed by atoms with Crippen LogP contribution in [0.4, 0.5) is 19.2 Å². The molecule has 0 spiro atoms. The van der Waals surface area contributed by atoms with E-state index in [1.165, 1.54) is 66.1 Å². The number of imide groups is 3. The van der Waals surface area contributed by atoms with Gasteiger partial charge in [0.25, 0.3) is 0 Å². The fourth-order valence-electron chi connectivity index (χ4n) is 11.6. The average molecular weight is 957 g/mol. The van der Waals surface area contributed by atoms with Crippen molar-refractivity contribution in [3.8, 4) is 0 Å². The van der Waals surface area contributed by atoms with Crippen molar-refractivity contribution in [2.45, 2.75) is 233 Å². The molecule has 0 aromatic rings. The van der Waals surface area contributed by atoms with Crippen LogP contribution >= 0.6 is 0 Å². The number of carbonyl (C=O) groups is 7. The van der Waals surface area contributed by atoms with Crippen LogP contribution in [-0.2, 0) is 33.3 Å². The molecule has 4 saturated heterocycles. The fourth-order valence-corrected chi connectivity index (χ4v) is 11.6. The van der Waals surface area contributed by atoms with Crippen molar-refractivity contribution in [3.05, 3.63) is 0 Å². The van der Waals surface area contributed by atoms with Gasteiger partial charge in [-0.2, -0.15) is 0 Å². The zero-order chi connectivity index (χ0) is 50.1. The Kier molecular flexibility index (Phi) is 18.9. The minimum Gasteiger partial charge on any atom is -0.443 e. The van der Waals surface area contributed by atoms with Crippen LogP contribution in [0.25, 0.3) is 0 Å². The van der Waals surface area contributed by atoms with Gasteiger partial charge in [-0.15, -0.1) is 0 Å². The Labute approximate surface area is 407 Å². The summed E-state index contributed by atoms with van der Waals surface area (Å²) in [5.74, 6) is 2.43. The molecule has 0 N–H and O–H groups in total. The highest BCUT2D eigenvalue weighted by molar-refractivity contribution is 5.94. The Bertz CT molecular complexity index is 1740. The zero-order valence-electron chi connectivity index (χ0n) is 43.7. The van der Waals surface area contributed by atoms with Crippen LogP contribution in [0.1, 0.15) is 210 Å². The summed E-state index contributed by atoms with van der Waals surface area (Å²) < 4.78 is 22.3. The first-order valence-electron chi connectivity index (χ1n) is 26.5. The van der Waals surface area contributed by atoms with Gasteiger partial charge < -0.3 is 23.8 Å². The van der Waals surface area contributed by atoms with Crippen molar-refractivity contribution >= 4 is 42.1 Å². The standard InChI is InChI=1S/C18H27NO3.C13H21NO3.C11H19NO3.C11H21NO2/c1-17(2,22-16(21)19-5-3-4-15(19)20)18-9-12-6-13(10-18)8-14(7-12)11-18;1-2-13(8-4-3-5-9-13)17-12(16)14-10-6-7-11(14)15;1-8(2)11(3,4)15-10(14)12-7-5-6-9(12)13;1-4-11(2,3)14-10(13)12-8-6-5-7-9-12/h12-14H,3-11H2,1-2H3;2-10H2,1H3;8H,5-7H2,1-4H3;4-9H2,1-3H3. The predicted octanol–water partition coefficient (Wildman–Crippen LogP) is 11.6. The second-order valence-corrected chi connectivity index (χ2v) is 23.1. The molecule has 4 heterocycles. The molecule has 15 nitrogen and oxygen atoms in total.